The van der Waals surface area contributed by atoms with Gasteiger partial charge in [0.2, 0.25) is 10.0 Å². The van der Waals surface area contributed by atoms with E-state index in [1.54, 1.807) is 0 Å². The number of sulfonamides is 1. The quantitative estimate of drug-likeness (QED) is 0.146. The summed E-state index contributed by atoms with van der Waals surface area (Å²) in [6, 6.07) is 0. The molecular weight excluding hydrogens is 625 g/mol. The van der Waals surface area contributed by atoms with Crippen LogP contribution in [0, 0.1) is 0 Å². The van der Waals surface area contributed by atoms with Crippen LogP contribution in [0.4, 0.5) is 74.6 Å². The lowest BCUT2D eigenvalue weighted by Gasteiger charge is -2.42. The lowest BCUT2D eigenvalue weighted by molar-refractivity contribution is -0.461. The van der Waals surface area contributed by atoms with Gasteiger partial charge in [0.05, 0.1) is 5.75 Å². The van der Waals surface area contributed by atoms with Gasteiger partial charge in [-0.1, -0.05) is 6.58 Å². The Bertz CT molecular complexity index is 1010. The fourth-order valence-corrected chi connectivity index (χ4v) is 3.42. The van der Waals surface area contributed by atoms with E-state index < -0.39 is 89.0 Å². The third kappa shape index (κ3) is 6.16. The molecule has 23 heteroatoms. The molecule has 0 atom stereocenters. The van der Waals surface area contributed by atoms with E-state index >= 15 is 0 Å². The Morgan fingerprint density at radius 3 is 1.44 bits per heavy atom. The summed E-state index contributed by atoms with van der Waals surface area (Å²) < 4.78 is 253. The van der Waals surface area contributed by atoms with E-state index in [1.165, 1.54) is 0 Å². The van der Waals surface area contributed by atoms with Gasteiger partial charge in [-0.15, -0.1) is 0 Å². The fraction of sp³-hybridized carbons (Fsp3) is 0.812. The van der Waals surface area contributed by atoms with E-state index in [2.05, 4.69) is 11.3 Å². The zero-order chi connectivity index (χ0) is 31.9. The minimum absolute atomic E-state index is 0.0295. The molecule has 0 bridgehead atoms. The largest absolute Gasteiger partial charge is 0.461 e. The van der Waals surface area contributed by atoms with Crippen LogP contribution < -0.4 is 0 Å². The molecule has 0 aliphatic heterocycles. The Morgan fingerprint density at radius 2 is 1.08 bits per heavy atom. The zero-order valence-corrected chi connectivity index (χ0v) is 19.3. The highest BCUT2D eigenvalue weighted by molar-refractivity contribution is 7.89. The van der Waals surface area contributed by atoms with Crippen LogP contribution >= 0.6 is 0 Å². The molecule has 0 aliphatic carbocycles. The minimum atomic E-state index is -8.77. The molecule has 0 N–H and O–H groups in total. The van der Waals surface area contributed by atoms with Crippen LogP contribution in [0.25, 0.3) is 0 Å². The molecule has 232 valence electrons. The van der Waals surface area contributed by atoms with Crippen molar-refractivity contribution in [1.82, 2.24) is 4.31 Å². The van der Waals surface area contributed by atoms with E-state index in [0.29, 0.717) is 13.1 Å². The van der Waals surface area contributed by atoms with E-state index in [-0.39, 0.29) is 4.31 Å². The molecule has 0 saturated heterocycles. The first kappa shape index (κ1) is 36.9. The Balaban J connectivity index is 6.23. The van der Waals surface area contributed by atoms with Gasteiger partial charge in [-0.05, 0) is 0 Å². The van der Waals surface area contributed by atoms with Crippen LogP contribution in [0.5, 0.6) is 0 Å². The summed E-state index contributed by atoms with van der Waals surface area (Å²) in [5.74, 6) is -61.2. The number of alkyl halides is 17. The molecule has 0 aromatic carbocycles. The number of ether oxygens (including phenoxy) is 1. The third-order valence-electron chi connectivity index (χ3n) is 4.75. The molecule has 0 spiro atoms. The molecule has 0 rings (SSSR count). The molecular formula is C16H14F17NO4S. The van der Waals surface area contributed by atoms with Gasteiger partial charge >= 0.3 is 53.6 Å². The maximum absolute atomic E-state index is 13.8. The van der Waals surface area contributed by atoms with Crippen LogP contribution in [0.1, 0.15) is 6.42 Å². The summed E-state index contributed by atoms with van der Waals surface area (Å²) in [5.41, 5.74) is 0. The topological polar surface area (TPSA) is 63.7 Å². The Hall–Kier alpha value is -2.07. The molecule has 5 nitrogen and oxygen atoms in total. The predicted molar refractivity (Wildman–Crippen MR) is 92.9 cm³/mol. The SMILES string of the molecule is C=CC(=O)OCCN(C)S(=O)(=O)CCC(F)(F)C(F)(F)C(F)(F)C(F)(F)C(F)(F)C(F)(F)C(F)(F)C(F)(F)F. The number of carbonyl (C=O) groups is 1. The van der Waals surface area contributed by atoms with Gasteiger partial charge in [-0.2, -0.15) is 74.6 Å². The predicted octanol–water partition coefficient (Wildman–Crippen LogP) is 5.38. The Morgan fingerprint density at radius 1 is 0.718 bits per heavy atom. The van der Waals surface area contributed by atoms with E-state index in [4.69, 9.17) is 0 Å². The first-order valence-electron chi connectivity index (χ1n) is 9.28. The van der Waals surface area contributed by atoms with Crippen LogP contribution in [-0.2, 0) is 19.6 Å². The van der Waals surface area contributed by atoms with Crippen molar-refractivity contribution in [1.29, 1.82) is 0 Å². The minimum Gasteiger partial charge on any atom is -0.461 e. The maximum Gasteiger partial charge on any atom is 0.460 e. The summed E-state index contributed by atoms with van der Waals surface area (Å²) in [6.07, 6.45) is -10.4. The molecule has 0 heterocycles. The molecule has 39 heavy (non-hydrogen) atoms. The normalized spacial score (nSPS) is 15.5. The average molecular weight is 639 g/mol. The molecule has 0 aromatic rings. The number of esters is 1. The second kappa shape index (κ2) is 10.7. The summed E-state index contributed by atoms with van der Waals surface area (Å²) in [7, 11) is -4.75. The van der Waals surface area contributed by atoms with Crippen molar-refractivity contribution in [3.8, 4) is 0 Å². The van der Waals surface area contributed by atoms with Gasteiger partial charge in [-0.3, -0.25) is 0 Å². The van der Waals surface area contributed by atoms with Crippen LogP contribution in [-0.4, -0.2) is 92.3 Å². The second-order valence-electron chi connectivity index (χ2n) is 7.41. The summed E-state index contributed by atoms with van der Waals surface area (Å²) in [5, 5.41) is 0. The van der Waals surface area contributed by atoms with Crippen molar-refractivity contribution in [2.24, 2.45) is 0 Å². The first-order chi connectivity index (χ1) is 16.8. The van der Waals surface area contributed by atoms with Crippen LogP contribution in [0.2, 0.25) is 0 Å². The van der Waals surface area contributed by atoms with Crippen molar-refractivity contribution in [2.45, 2.75) is 54.1 Å². The van der Waals surface area contributed by atoms with E-state index in [0.717, 1.165) is 0 Å². The number of likely N-dealkylation sites (N-methyl/N-ethyl adjacent to an activating group) is 1. The highest BCUT2D eigenvalue weighted by atomic mass is 32.2. The number of hydrogen-bond donors (Lipinski definition) is 0. The number of halogens is 17. The summed E-state index contributed by atoms with van der Waals surface area (Å²) in [4.78, 5) is 10.8. The highest BCUT2D eigenvalue weighted by Crippen LogP contribution is 2.64. The number of carbonyl (C=O) groups excluding carboxylic acids is 1. The van der Waals surface area contributed by atoms with Crippen molar-refractivity contribution in [3.05, 3.63) is 12.7 Å². The monoisotopic (exact) mass is 639 g/mol. The molecule has 0 radical (unpaired) electrons. The maximum atomic E-state index is 13.8. The van der Waals surface area contributed by atoms with Crippen molar-refractivity contribution < 1.29 is 92.6 Å². The highest BCUT2D eigenvalue weighted by Gasteiger charge is 2.95. The summed E-state index contributed by atoms with van der Waals surface area (Å²) in [6.45, 7) is 1.16. The molecule has 0 fully saturated rings. The van der Waals surface area contributed by atoms with Crippen LogP contribution in [0.3, 0.4) is 0 Å². The Kier molecular flexibility index (Phi) is 10.2. The molecule has 0 aromatic heterocycles. The van der Waals surface area contributed by atoms with Gasteiger partial charge in [0.25, 0.3) is 0 Å². The van der Waals surface area contributed by atoms with Crippen LogP contribution in [0.15, 0.2) is 12.7 Å². The smallest absolute Gasteiger partial charge is 0.460 e. The fourth-order valence-electron chi connectivity index (χ4n) is 2.24. The molecule has 0 amide bonds. The van der Waals surface area contributed by atoms with E-state index in [9.17, 15) is 87.8 Å². The zero-order valence-electron chi connectivity index (χ0n) is 18.5. The average Bonchev–Trinajstić information content (AvgIpc) is 2.75. The van der Waals surface area contributed by atoms with Gasteiger partial charge in [-0.25, -0.2) is 17.5 Å². The van der Waals surface area contributed by atoms with Crippen molar-refractivity contribution in [3.63, 3.8) is 0 Å². The van der Waals surface area contributed by atoms with Gasteiger partial charge in [0.1, 0.15) is 6.61 Å². The van der Waals surface area contributed by atoms with Gasteiger partial charge in [0.15, 0.2) is 0 Å². The number of rotatable bonds is 14. The van der Waals surface area contributed by atoms with Crippen molar-refractivity contribution in [2.75, 3.05) is 26.0 Å². The second-order valence-corrected chi connectivity index (χ2v) is 9.60. The van der Waals surface area contributed by atoms with E-state index in [1.807, 2.05) is 0 Å². The lowest BCUT2D eigenvalue weighted by atomic mass is 9.88. The molecule has 0 saturated carbocycles. The molecule has 0 aliphatic rings. The lowest BCUT2D eigenvalue weighted by Crippen LogP contribution is -2.74. The third-order valence-corrected chi connectivity index (χ3v) is 6.61. The summed E-state index contributed by atoms with van der Waals surface area (Å²) >= 11 is 0. The van der Waals surface area contributed by atoms with Gasteiger partial charge in [0, 0.05) is 26.1 Å². The van der Waals surface area contributed by atoms with Crippen molar-refractivity contribution >= 4 is 16.0 Å². The molecule has 0 unspecified atom stereocenters. The first-order valence-corrected chi connectivity index (χ1v) is 10.9. The standard InChI is InChI=1S/C16H14F17NO4S/c1-3-8(35)38-6-5-34(2)39(36,37)7-4-9(17,18)10(19,20)11(21,22)12(23,24)13(25,26)14(27,28)15(29,30)16(31,32)33/h3H,1,4-7H2,2H3. The number of nitrogens with zero attached hydrogens (tertiary/aromatic N) is 1. The Labute approximate surface area is 206 Å². The van der Waals surface area contributed by atoms with Gasteiger partial charge < -0.3 is 4.74 Å². The number of hydrogen-bond acceptors (Lipinski definition) is 4.